The van der Waals surface area contributed by atoms with Gasteiger partial charge in [0.05, 0.1) is 17.6 Å². The van der Waals surface area contributed by atoms with Crippen LogP contribution in [0.25, 0.3) is 0 Å². The highest BCUT2D eigenvalue weighted by atomic mass is 16.6. The number of esters is 1. The molecule has 1 rings (SSSR count). The van der Waals surface area contributed by atoms with Gasteiger partial charge in [0.1, 0.15) is 0 Å². The number of methoxy groups -OCH3 is 1. The van der Waals surface area contributed by atoms with Gasteiger partial charge in [-0.1, -0.05) is 26.7 Å². The molecule has 0 radical (unpaired) electrons. The van der Waals surface area contributed by atoms with Crippen LogP contribution in [-0.2, 0) is 9.53 Å². The zero-order valence-electron chi connectivity index (χ0n) is 15.6. The summed E-state index contributed by atoms with van der Waals surface area (Å²) in [5.74, 6) is -0.499. The van der Waals surface area contributed by atoms with Crippen LogP contribution in [0.15, 0.2) is 18.2 Å². The summed E-state index contributed by atoms with van der Waals surface area (Å²) in [4.78, 5) is 33.9. The van der Waals surface area contributed by atoms with Crippen molar-refractivity contribution in [3.63, 3.8) is 0 Å². The normalized spacial score (nSPS) is 11.7. The van der Waals surface area contributed by atoms with Crippen LogP contribution in [0, 0.1) is 16.0 Å². The maximum absolute atomic E-state index is 11.9. The molecular weight excluding hydrogens is 340 g/mol. The lowest BCUT2D eigenvalue weighted by Gasteiger charge is -2.15. The highest BCUT2D eigenvalue weighted by Crippen LogP contribution is 2.28. The minimum absolute atomic E-state index is 0.00142. The summed E-state index contributed by atoms with van der Waals surface area (Å²) in [6.45, 7) is 5.86. The van der Waals surface area contributed by atoms with Gasteiger partial charge in [0.25, 0.3) is 5.91 Å². The molecule has 1 amide bonds. The van der Waals surface area contributed by atoms with E-state index in [9.17, 15) is 19.7 Å². The third kappa shape index (κ3) is 7.08. The number of rotatable bonds is 10. The molecule has 0 spiro atoms. The first kappa shape index (κ1) is 21.4. The van der Waals surface area contributed by atoms with Crippen LogP contribution in [0.3, 0.4) is 0 Å². The lowest BCUT2D eigenvalue weighted by molar-refractivity contribution is -0.385. The van der Waals surface area contributed by atoms with Crippen molar-refractivity contribution in [2.75, 3.05) is 13.7 Å². The molecule has 1 aromatic carbocycles. The number of carbonyl (C=O) groups is 2. The SMILES string of the molecule is COC(=O)c1ccc(OCC(=O)N[C@H](C)CCCC(C)C)c([N+](=O)[O-])c1. The topological polar surface area (TPSA) is 108 Å². The molecule has 1 N–H and O–H groups in total. The maximum atomic E-state index is 11.9. The van der Waals surface area contributed by atoms with Crippen LogP contribution >= 0.6 is 0 Å². The number of hydrogen-bond acceptors (Lipinski definition) is 6. The number of nitrogens with zero attached hydrogens (tertiary/aromatic N) is 1. The minimum atomic E-state index is -0.687. The number of hydrogen-bond donors (Lipinski definition) is 1. The summed E-state index contributed by atoms with van der Waals surface area (Å²) < 4.78 is 9.80. The van der Waals surface area contributed by atoms with Gasteiger partial charge in [-0.2, -0.15) is 0 Å². The van der Waals surface area contributed by atoms with Gasteiger partial charge in [-0.25, -0.2) is 4.79 Å². The van der Waals surface area contributed by atoms with Crippen molar-refractivity contribution in [3.05, 3.63) is 33.9 Å². The van der Waals surface area contributed by atoms with Crippen LogP contribution < -0.4 is 10.1 Å². The fraction of sp³-hybridized carbons (Fsp3) is 0.556. The third-order valence-electron chi connectivity index (χ3n) is 3.76. The Morgan fingerprint density at radius 3 is 2.50 bits per heavy atom. The highest BCUT2D eigenvalue weighted by Gasteiger charge is 2.20. The molecule has 8 nitrogen and oxygen atoms in total. The van der Waals surface area contributed by atoms with E-state index in [-0.39, 0.29) is 29.9 Å². The largest absolute Gasteiger partial charge is 0.477 e. The summed E-state index contributed by atoms with van der Waals surface area (Å²) in [6.07, 6.45) is 2.97. The summed E-state index contributed by atoms with van der Waals surface area (Å²) in [5, 5.41) is 14.0. The Kier molecular flexibility index (Phi) is 8.54. The number of nitrogens with one attached hydrogen (secondary N) is 1. The monoisotopic (exact) mass is 366 g/mol. The fourth-order valence-electron chi connectivity index (χ4n) is 2.39. The lowest BCUT2D eigenvalue weighted by atomic mass is 10.0. The lowest BCUT2D eigenvalue weighted by Crippen LogP contribution is -2.36. The molecule has 26 heavy (non-hydrogen) atoms. The van der Waals surface area contributed by atoms with Crippen molar-refractivity contribution in [1.29, 1.82) is 0 Å². The quantitative estimate of drug-likeness (QED) is 0.387. The maximum Gasteiger partial charge on any atom is 0.338 e. The van der Waals surface area contributed by atoms with Crippen LogP contribution in [0.5, 0.6) is 5.75 Å². The van der Waals surface area contributed by atoms with Gasteiger partial charge in [0.15, 0.2) is 12.4 Å². The van der Waals surface area contributed by atoms with E-state index in [2.05, 4.69) is 23.9 Å². The molecule has 0 heterocycles. The molecule has 0 saturated heterocycles. The van der Waals surface area contributed by atoms with Gasteiger partial charge in [0.2, 0.25) is 0 Å². The Bertz CT molecular complexity index is 645. The van der Waals surface area contributed by atoms with E-state index in [1.165, 1.54) is 19.2 Å². The predicted molar refractivity (Wildman–Crippen MR) is 96.2 cm³/mol. The molecule has 0 bridgehead atoms. The summed E-state index contributed by atoms with van der Waals surface area (Å²) in [7, 11) is 1.19. The molecule has 0 aliphatic rings. The van der Waals surface area contributed by atoms with E-state index < -0.39 is 16.6 Å². The second-order valence-corrected chi connectivity index (χ2v) is 6.51. The van der Waals surface area contributed by atoms with Crippen LogP contribution in [-0.4, -0.2) is 36.6 Å². The Balaban J connectivity index is 2.61. The molecule has 1 aromatic rings. The summed E-state index contributed by atoms with van der Waals surface area (Å²) >= 11 is 0. The molecule has 1 atom stereocenters. The van der Waals surface area contributed by atoms with Gasteiger partial charge in [-0.3, -0.25) is 14.9 Å². The van der Waals surface area contributed by atoms with E-state index in [0.717, 1.165) is 25.3 Å². The van der Waals surface area contributed by atoms with Gasteiger partial charge < -0.3 is 14.8 Å². The fourth-order valence-corrected chi connectivity index (χ4v) is 2.39. The molecule has 8 heteroatoms. The van der Waals surface area contributed by atoms with Crippen molar-refractivity contribution in [2.45, 2.75) is 46.1 Å². The standard InChI is InChI=1S/C18H26N2O6/c1-12(2)6-5-7-13(3)19-17(21)11-26-16-9-8-14(18(22)25-4)10-15(16)20(23)24/h8-10,12-13H,5-7,11H2,1-4H3,(H,19,21)/t13-/m1/s1. The van der Waals surface area contributed by atoms with E-state index in [0.29, 0.717) is 5.92 Å². The first-order valence-corrected chi connectivity index (χ1v) is 8.53. The van der Waals surface area contributed by atoms with Crippen molar-refractivity contribution in [2.24, 2.45) is 5.92 Å². The van der Waals surface area contributed by atoms with E-state index >= 15 is 0 Å². The van der Waals surface area contributed by atoms with Gasteiger partial charge >= 0.3 is 11.7 Å². The molecule has 0 aliphatic heterocycles. The van der Waals surface area contributed by atoms with Gasteiger partial charge in [-0.15, -0.1) is 0 Å². The smallest absolute Gasteiger partial charge is 0.338 e. The second-order valence-electron chi connectivity index (χ2n) is 6.51. The number of ether oxygens (including phenoxy) is 2. The average Bonchev–Trinajstić information content (AvgIpc) is 2.58. The molecule has 0 saturated carbocycles. The van der Waals surface area contributed by atoms with E-state index in [1.807, 2.05) is 6.92 Å². The molecule has 0 aromatic heterocycles. The van der Waals surface area contributed by atoms with Crippen molar-refractivity contribution in [3.8, 4) is 5.75 Å². The molecule has 0 unspecified atom stereocenters. The van der Waals surface area contributed by atoms with Gasteiger partial charge in [0, 0.05) is 12.1 Å². The van der Waals surface area contributed by atoms with Crippen molar-refractivity contribution >= 4 is 17.6 Å². The number of carbonyl (C=O) groups excluding carboxylic acids is 2. The average molecular weight is 366 g/mol. The number of nitro benzene ring substituents is 1. The van der Waals surface area contributed by atoms with Gasteiger partial charge in [-0.05, 0) is 31.4 Å². The second kappa shape index (κ2) is 10.4. The molecule has 0 fully saturated rings. The van der Waals surface area contributed by atoms with E-state index in [1.54, 1.807) is 0 Å². The van der Waals surface area contributed by atoms with Crippen molar-refractivity contribution in [1.82, 2.24) is 5.32 Å². The third-order valence-corrected chi connectivity index (χ3v) is 3.76. The molecule has 144 valence electrons. The zero-order valence-corrected chi connectivity index (χ0v) is 15.6. The molecule has 0 aliphatic carbocycles. The molecular formula is C18H26N2O6. The van der Waals surface area contributed by atoms with E-state index in [4.69, 9.17) is 4.74 Å². The van der Waals surface area contributed by atoms with Crippen LogP contribution in [0.1, 0.15) is 50.4 Å². The summed E-state index contributed by atoms with van der Waals surface area (Å²) in [6, 6.07) is 3.69. The van der Waals surface area contributed by atoms with Crippen molar-refractivity contribution < 1.29 is 24.0 Å². The minimum Gasteiger partial charge on any atom is -0.477 e. The Hall–Kier alpha value is -2.64. The first-order chi connectivity index (χ1) is 12.2. The van der Waals surface area contributed by atoms with Crippen LogP contribution in [0.4, 0.5) is 5.69 Å². The Morgan fingerprint density at radius 1 is 1.23 bits per heavy atom. The first-order valence-electron chi connectivity index (χ1n) is 8.53. The number of nitro groups is 1. The number of amides is 1. The highest BCUT2D eigenvalue weighted by molar-refractivity contribution is 5.90. The van der Waals surface area contributed by atoms with Crippen LogP contribution in [0.2, 0.25) is 0 Å². The predicted octanol–water partition coefficient (Wildman–Crippen LogP) is 3.09. The Labute approximate surface area is 153 Å². The zero-order chi connectivity index (χ0) is 19.7. The number of benzene rings is 1. The summed E-state index contributed by atoms with van der Waals surface area (Å²) in [5.41, 5.74) is -0.361. The Morgan fingerprint density at radius 2 is 1.92 bits per heavy atom.